The molecule has 0 aliphatic rings. The smallest absolute Gasteiger partial charge is 0.248 e. The first-order chi connectivity index (χ1) is 14.0. The van der Waals surface area contributed by atoms with Crippen LogP contribution in [0.1, 0.15) is 25.2 Å². The molecule has 1 aromatic heterocycles. The van der Waals surface area contributed by atoms with Crippen molar-refractivity contribution >= 4 is 29.2 Å². The van der Waals surface area contributed by atoms with E-state index < -0.39 is 0 Å². The molecule has 0 saturated carbocycles. The number of carbonyl (C=O) groups excluding carboxylic acids is 1. The average Bonchev–Trinajstić information content (AvgIpc) is 2.68. The molecule has 2 aromatic carbocycles. The summed E-state index contributed by atoms with van der Waals surface area (Å²) in [5.41, 5.74) is 2.53. The van der Waals surface area contributed by atoms with Crippen LogP contribution in [-0.2, 0) is 4.79 Å². The minimum absolute atomic E-state index is 0.0379. The SMILES string of the molecule is Cc1nc(Nc2ccc(NC(=O)/C=C/c3ccccc3)cc2)cc(OC(C)C)n1. The lowest BCUT2D eigenvalue weighted by molar-refractivity contribution is -0.111. The van der Waals surface area contributed by atoms with Crippen LogP contribution in [0, 0.1) is 6.92 Å². The number of ether oxygens (including phenoxy) is 1. The maximum atomic E-state index is 12.1. The molecule has 29 heavy (non-hydrogen) atoms. The lowest BCUT2D eigenvalue weighted by atomic mass is 10.2. The monoisotopic (exact) mass is 388 g/mol. The zero-order valence-corrected chi connectivity index (χ0v) is 16.7. The Bertz CT molecular complexity index is 984. The number of rotatable bonds is 7. The summed E-state index contributed by atoms with van der Waals surface area (Å²) in [5.74, 6) is 1.62. The fraction of sp³-hybridized carbons (Fsp3) is 0.174. The van der Waals surface area contributed by atoms with Crippen molar-refractivity contribution in [2.24, 2.45) is 0 Å². The van der Waals surface area contributed by atoms with Crippen molar-refractivity contribution in [2.45, 2.75) is 26.9 Å². The van der Waals surface area contributed by atoms with Crippen LogP contribution < -0.4 is 15.4 Å². The highest BCUT2D eigenvalue weighted by atomic mass is 16.5. The van der Waals surface area contributed by atoms with Gasteiger partial charge in [0.2, 0.25) is 11.8 Å². The van der Waals surface area contributed by atoms with E-state index >= 15 is 0 Å². The highest BCUT2D eigenvalue weighted by molar-refractivity contribution is 6.02. The first kappa shape index (κ1) is 20.1. The Hall–Kier alpha value is -3.67. The van der Waals surface area contributed by atoms with Gasteiger partial charge in [0.15, 0.2) is 0 Å². The Morgan fingerprint density at radius 3 is 2.38 bits per heavy atom. The molecule has 6 heteroatoms. The molecule has 1 amide bonds. The molecule has 148 valence electrons. The summed E-state index contributed by atoms with van der Waals surface area (Å²) in [6.07, 6.45) is 3.33. The number of aromatic nitrogens is 2. The summed E-state index contributed by atoms with van der Waals surface area (Å²) in [4.78, 5) is 20.7. The zero-order chi connectivity index (χ0) is 20.6. The predicted octanol–water partition coefficient (Wildman–Crippen LogP) is 4.97. The van der Waals surface area contributed by atoms with Gasteiger partial charge in [-0.2, -0.15) is 4.98 Å². The van der Waals surface area contributed by atoms with E-state index in [1.807, 2.05) is 75.4 Å². The maximum absolute atomic E-state index is 12.1. The number of nitrogens with zero attached hydrogens (tertiary/aromatic N) is 2. The number of hydrogen-bond acceptors (Lipinski definition) is 5. The lowest BCUT2D eigenvalue weighted by Gasteiger charge is -2.12. The van der Waals surface area contributed by atoms with E-state index in [0.717, 1.165) is 11.3 Å². The third-order valence-electron chi connectivity index (χ3n) is 3.82. The minimum Gasteiger partial charge on any atom is -0.475 e. The van der Waals surface area contributed by atoms with E-state index in [1.54, 1.807) is 12.1 Å². The summed E-state index contributed by atoms with van der Waals surface area (Å²) < 4.78 is 5.65. The van der Waals surface area contributed by atoms with Crippen LogP contribution in [0.25, 0.3) is 6.08 Å². The summed E-state index contributed by atoms with van der Waals surface area (Å²) in [7, 11) is 0. The van der Waals surface area contributed by atoms with E-state index in [1.165, 1.54) is 6.08 Å². The lowest BCUT2D eigenvalue weighted by Crippen LogP contribution is -2.09. The summed E-state index contributed by atoms with van der Waals surface area (Å²) in [5, 5.41) is 6.07. The van der Waals surface area contributed by atoms with Crippen molar-refractivity contribution in [1.82, 2.24) is 9.97 Å². The van der Waals surface area contributed by atoms with Crippen LogP contribution in [0.5, 0.6) is 5.88 Å². The molecule has 0 atom stereocenters. The Labute approximate surface area is 170 Å². The van der Waals surface area contributed by atoms with Crippen LogP contribution in [-0.4, -0.2) is 22.0 Å². The molecule has 0 bridgehead atoms. The van der Waals surface area contributed by atoms with Gasteiger partial charge in [0.25, 0.3) is 0 Å². The van der Waals surface area contributed by atoms with Crippen molar-refractivity contribution in [2.75, 3.05) is 10.6 Å². The normalized spacial score (nSPS) is 10.9. The molecule has 0 aliphatic carbocycles. The van der Waals surface area contributed by atoms with Crippen LogP contribution in [0.2, 0.25) is 0 Å². The molecule has 3 aromatic rings. The van der Waals surface area contributed by atoms with E-state index in [4.69, 9.17) is 4.74 Å². The van der Waals surface area contributed by atoms with Crippen molar-refractivity contribution in [3.8, 4) is 5.88 Å². The van der Waals surface area contributed by atoms with E-state index in [9.17, 15) is 4.79 Å². The fourth-order valence-electron chi connectivity index (χ4n) is 2.61. The molecule has 0 unspecified atom stereocenters. The molecule has 0 saturated heterocycles. The van der Waals surface area contributed by atoms with Crippen LogP contribution >= 0.6 is 0 Å². The summed E-state index contributed by atoms with van der Waals surface area (Å²) in [6, 6.07) is 18.8. The molecule has 1 heterocycles. The van der Waals surface area contributed by atoms with Gasteiger partial charge in [-0.25, -0.2) is 4.98 Å². The fourth-order valence-corrected chi connectivity index (χ4v) is 2.61. The number of nitrogens with one attached hydrogen (secondary N) is 2. The standard InChI is InChI=1S/C23H24N4O2/c1-16(2)29-23-15-21(24-17(3)25-23)26-19-10-12-20(13-11-19)27-22(28)14-9-18-7-5-4-6-8-18/h4-16H,1-3H3,(H,27,28)(H,24,25,26)/b14-9+. The Morgan fingerprint density at radius 2 is 1.69 bits per heavy atom. The average molecular weight is 388 g/mol. The Balaban J connectivity index is 1.61. The van der Waals surface area contributed by atoms with E-state index in [0.29, 0.717) is 23.2 Å². The summed E-state index contributed by atoms with van der Waals surface area (Å²) >= 11 is 0. The molecule has 0 spiro atoms. The maximum Gasteiger partial charge on any atom is 0.248 e. The van der Waals surface area contributed by atoms with Crippen LogP contribution in [0.15, 0.2) is 66.7 Å². The van der Waals surface area contributed by atoms with Crippen molar-refractivity contribution < 1.29 is 9.53 Å². The second-order valence-corrected chi connectivity index (χ2v) is 6.74. The van der Waals surface area contributed by atoms with Crippen molar-refractivity contribution in [1.29, 1.82) is 0 Å². The molecule has 3 rings (SSSR count). The number of aryl methyl sites for hydroxylation is 1. The highest BCUT2D eigenvalue weighted by Gasteiger charge is 2.06. The van der Waals surface area contributed by atoms with Gasteiger partial charge in [-0.3, -0.25) is 4.79 Å². The number of benzene rings is 2. The highest BCUT2D eigenvalue weighted by Crippen LogP contribution is 2.21. The quantitative estimate of drug-likeness (QED) is 0.559. The molecule has 2 N–H and O–H groups in total. The van der Waals surface area contributed by atoms with Crippen molar-refractivity contribution in [3.63, 3.8) is 0 Å². The number of amides is 1. The third-order valence-corrected chi connectivity index (χ3v) is 3.82. The predicted molar refractivity (Wildman–Crippen MR) is 116 cm³/mol. The van der Waals surface area contributed by atoms with E-state index in [2.05, 4.69) is 20.6 Å². The van der Waals surface area contributed by atoms with Crippen molar-refractivity contribution in [3.05, 3.63) is 78.1 Å². The first-order valence-electron chi connectivity index (χ1n) is 9.41. The van der Waals surface area contributed by atoms with Gasteiger partial charge in [-0.05, 0) is 56.7 Å². The second kappa shape index (κ2) is 9.50. The van der Waals surface area contributed by atoms with Crippen LogP contribution in [0.3, 0.4) is 0 Å². The van der Waals surface area contributed by atoms with Gasteiger partial charge in [-0.1, -0.05) is 30.3 Å². The van der Waals surface area contributed by atoms with Gasteiger partial charge in [0, 0.05) is 23.5 Å². The van der Waals surface area contributed by atoms with Crippen LogP contribution in [0.4, 0.5) is 17.2 Å². The molecule has 0 radical (unpaired) electrons. The number of carbonyl (C=O) groups is 1. The Morgan fingerprint density at radius 1 is 1.00 bits per heavy atom. The van der Waals surface area contributed by atoms with Gasteiger partial charge in [0.05, 0.1) is 6.10 Å². The van der Waals surface area contributed by atoms with Gasteiger partial charge in [0.1, 0.15) is 11.6 Å². The first-order valence-corrected chi connectivity index (χ1v) is 9.41. The van der Waals surface area contributed by atoms with Gasteiger partial charge >= 0.3 is 0 Å². The third kappa shape index (κ3) is 6.46. The molecule has 6 nitrogen and oxygen atoms in total. The summed E-state index contributed by atoms with van der Waals surface area (Å²) in [6.45, 7) is 5.72. The number of anilines is 3. The Kier molecular flexibility index (Phi) is 6.58. The second-order valence-electron chi connectivity index (χ2n) is 6.74. The largest absolute Gasteiger partial charge is 0.475 e. The molecular formula is C23H24N4O2. The molecular weight excluding hydrogens is 364 g/mol. The topological polar surface area (TPSA) is 76.1 Å². The van der Waals surface area contributed by atoms with Gasteiger partial charge < -0.3 is 15.4 Å². The zero-order valence-electron chi connectivity index (χ0n) is 16.7. The van der Waals surface area contributed by atoms with Gasteiger partial charge in [-0.15, -0.1) is 0 Å². The molecule has 0 aliphatic heterocycles. The minimum atomic E-state index is -0.184. The number of hydrogen-bond donors (Lipinski definition) is 2. The molecule has 0 fully saturated rings. The van der Waals surface area contributed by atoms with E-state index in [-0.39, 0.29) is 12.0 Å².